The van der Waals surface area contributed by atoms with Crippen LogP contribution < -0.4 is 10.2 Å². The quantitative estimate of drug-likeness (QED) is 0.776. The number of benzene rings is 1. The number of carbonyl (C=O) groups is 1. The lowest BCUT2D eigenvalue weighted by Crippen LogP contribution is -2.42. The lowest BCUT2D eigenvalue weighted by atomic mass is 10.1. The minimum atomic E-state index is -0.0312. The molecule has 0 aliphatic carbocycles. The van der Waals surface area contributed by atoms with E-state index >= 15 is 0 Å². The van der Waals surface area contributed by atoms with Gasteiger partial charge in [-0.1, -0.05) is 0 Å². The Kier molecular flexibility index (Phi) is 2.53. The summed E-state index contributed by atoms with van der Waals surface area (Å²) in [6.07, 6.45) is 0. The first kappa shape index (κ1) is 10.5. The maximum absolute atomic E-state index is 11.5. The smallest absolute Gasteiger partial charge is 0.243 e. The SMILES string of the molecule is CC(C)N1CC(=O)Nc2cc(C#N)ccc21. The van der Waals surface area contributed by atoms with Crippen molar-refractivity contribution < 1.29 is 4.79 Å². The Balaban J connectivity index is 2.48. The third kappa shape index (κ3) is 1.72. The summed E-state index contributed by atoms with van der Waals surface area (Å²) in [5, 5.41) is 11.6. The average molecular weight is 215 g/mol. The molecule has 0 aromatic heterocycles. The topological polar surface area (TPSA) is 56.1 Å². The number of amides is 1. The van der Waals surface area contributed by atoms with Gasteiger partial charge in [0.15, 0.2) is 0 Å². The summed E-state index contributed by atoms with van der Waals surface area (Å²) in [7, 11) is 0. The summed E-state index contributed by atoms with van der Waals surface area (Å²) < 4.78 is 0. The van der Waals surface area contributed by atoms with Gasteiger partial charge in [-0.25, -0.2) is 0 Å². The van der Waals surface area contributed by atoms with E-state index in [2.05, 4.69) is 11.4 Å². The molecule has 4 nitrogen and oxygen atoms in total. The van der Waals surface area contributed by atoms with E-state index in [4.69, 9.17) is 5.26 Å². The Morgan fingerprint density at radius 1 is 1.50 bits per heavy atom. The molecule has 1 heterocycles. The van der Waals surface area contributed by atoms with E-state index in [0.717, 1.165) is 11.4 Å². The predicted molar refractivity (Wildman–Crippen MR) is 62.3 cm³/mol. The van der Waals surface area contributed by atoms with Crippen LogP contribution in [0.4, 0.5) is 11.4 Å². The van der Waals surface area contributed by atoms with E-state index < -0.39 is 0 Å². The van der Waals surface area contributed by atoms with E-state index in [-0.39, 0.29) is 11.9 Å². The van der Waals surface area contributed by atoms with Crippen molar-refractivity contribution in [2.24, 2.45) is 0 Å². The molecule has 0 saturated heterocycles. The van der Waals surface area contributed by atoms with E-state index in [1.165, 1.54) is 0 Å². The van der Waals surface area contributed by atoms with Crippen molar-refractivity contribution in [1.29, 1.82) is 5.26 Å². The second-order valence-electron chi connectivity index (χ2n) is 4.11. The second kappa shape index (κ2) is 3.86. The van der Waals surface area contributed by atoms with E-state index in [9.17, 15) is 4.79 Å². The van der Waals surface area contributed by atoms with Gasteiger partial charge < -0.3 is 10.2 Å². The van der Waals surface area contributed by atoms with E-state index in [0.29, 0.717) is 12.1 Å². The van der Waals surface area contributed by atoms with Crippen LogP contribution >= 0.6 is 0 Å². The minimum Gasteiger partial charge on any atom is -0.358 e. The van der Waals surface area contributed by atoms with Crippen LogP contribution in [-0.2, 0) is 4.79 Å². The summed E-state index contributed by atoms with van der Waals surface area (Å²) in [6.45, 7) is 4.46. The van der Waals surface area contributed by atoms with Gasteiger partial charge in [0.05, 0.1) is 29.6 Å². The first-order valence-corrected chi connectivity index (χ1v) is 5.22. The third-order valence-corrected chi connectivity index (χ3v) is 2.65. The van der Waals surface area contributed by atoms with Crippen LogP contribution in [-0.4, -0.2) is 18.5 Å². The zero-order chi connectivity index (χ0) is 11.7. The molecule has 0 fully saturated rings. The number of anilines is 2. The van der Waals surface area contributed by atoms with Crippen LogP contribution in [0, 0.1) is 11.3 Å². The van der Waals surface area contributed by atoms with Crippen molar-refractivity contribution >= 4 is 17.3 Å². The molecular formula is C12H13N3O. The molecule has 1 N–H and O–H groups in total. The van der Waals surface area contributed by atoms with Crippen molar-refractivity contribution in [2.45, 2.75) is 19.9 Å². The number of nitrogens with one attached hydrogen (secondary N) is 1. The molecule has 2 rings (SSSR count). The number of rotatable bonds is 1. The summed E-state index contributed by atoms with van der Waals surface area (Å²) in [5.41, 5.74) is 2.27. The van der Waals surface area contributed by atoms with Crippen molar-refractivity contribution in [2.75, 3.05) is 16.8 Å². The highest BCUT2D eigenvalue weighted by Gasteiger charge is 2.23. The molecule has 0 saturated carbocycles. The van der Waals surface area contributed by atoms with Gasteiger partial charge in [0.2, 0.25) is 5.91 Å². The largest absolute Gasteiger partial charge is 0.358 e. The number of hydrogen-bond donors (Lipinski definition) is 1. The maximum atomic E-state index is 11.5. The van der Waals surface area contributed by atoms with Gasteiger partial charge in [-0.3, -0.25) is 4.79 Å². The number of carbonyl (C=O) groups excluding carboxylic acids is 1. The molecule has 0 bridgehead atoms. The summed E-state index contributed by atoms with van der Waals surface area (Å²) in [6, 6.07) is 7.69. The molecule has 82 valence electrons. The lowest BCUT2D eigenvalue weighted by molar-refractivity contribution is -0.115. The molecule has 4 heteroatoms. The summed E-state index contributed by atoms with van der Waals surface area (Å²) >= 11 is 0. The van der Waals surface area contributed by atoms with E-state index in [1.54, 1.807) is 12.1 Å². The van der Waals surface area contributed by atoms with Crippen molar-refractivity contribution in [3.63, 3.8) is 0 Å². The molecule has 0 atom stereocenters. The van der Waals surface area contributed by atoms with Gasteiger partial charge in [-0.15, -0.1) is 0 Å². The van der Waals surface area contributed by atoms with Crippen LogP contribution in [0.5, 0.6) is 0 Å². The lowest BCUT2D eigenvalue weighted by Gasteiger charge is -2.34. The molecule has 0 unspecified atom stereocenters. The highest BCUT2D eigenvalue weighted by Crippen LogP contribution is 2.31. The summed E-state index contributed by atoms with van der Waals surface area (Å²) in [4.78, 5) is 13.5. The molecule has 1 aliphatic heterocycles. The van der Waals surface area contributed by atoms with Crippen LogP contribution in [0.25, 0.3) is 0 Å². The number of fused-ring (bicyclic) bond motifs is 1. The van der Waals surface area contributed by atoms with Crippen LogP contribution in [0.1, 0.15) is 19.4 Å². The normalized spacial score (nSPS) is 14.4. The second-order valence-corrected chi connectivity index (χ2v) is 4.11. The van der Waals surface area contributed by atoms with Gasteiger partial charge in [0.1, 0.15) is 0 Å². The van der Waals surface area contributed by atoms with Crippen molar-refractivity contribution in [1.82, 2.24) is 0 Å². The fraction of sp³-hybridized carbons (Fsp3) is 0.333. The predicted octanol–water partition coefficient (Wildman–Crippen LogP) is 1.73. The fourth-order valence-electron chi connectivity index (χ4n) is 1.85. The molecular weight excluding hydrogens is 202 g/mol. The number of nitriles is 1. The number of nitrogens with zero attached hydrogens (tertiary/aromatic N) is 2. The summed E-state index contributed by atoms with van der Waals surface area (Å²) in [5.74, 6) is -0.0312. The van der Waals surface area contributed by atoms with Gasteiger partial charge in [-0.05, 0) is 32.0 Å². The van der Waals surface area contributed by atoms with Crippen LogP contribution in [0.3, 0.4) is 0 Å². The van der Waals surface area contributed by atoms with Crippen molar-refractivity contribution in [3.8, 4) is 6.07 Å². The average Bonchev–Trinajstić information content (AvgIpc) is 2.26. The fourth-order valence-corrected chi connectivity index (χ4v) is 1.85. The van der Waals surface area contributed by atoms with Gasteiger partial charge in [0, 0.05) is 6.04 Å². The highest BCUT2D eigenvalue weighted by atomic mass is 16.2. The Hall–Kier alpha value is -2.02. The minimum absolute atomic E-state index is 0.0312. The van der Waals surface area contributed by atoms with Gasteiger partial charge in [0.25, 0.3) is 0 Å². The standard InChI is InChI=1S/C12H13N3O/c1-8(2)15-7-12(16)14-10-5-9(6-13)3-4-11(10)15/h3-5,8H,7H2,1-2H3,(H,14,16). The first-order chi connectivity index (χ1) is 7.61. The molecule has 1 amide bonds. The molecule has 1 aromatic rings. The number of hydrogen-bond acceptors (Lipinski definition) is 3. The Bertz CT molecular complexity index is 474. The van der Waals surface area contributed by atoms with Crippen molar-refractivity contribution in [3.05, 3.63) is 23.8 Å². The van der Waals surface area contributed by atoms with Crippen LogP contribution in [0.2, 0.25) is 0 Å². The van der Waals surface area contributed by atoms with Crippen LogP contribution in [0.15, 0.2) is 18.2 Å². The Morgan fingerprint density at radius 3 is 2.88 bits per heavy atom. The molecule has 1 aromatic carbocycles. The highest BCUT2D eigenvalue weighted by molar-refractivity contribution is 6.01. The zero-order valence-corrected chi connectivity index (χ0v) is 9.32. The Morgan fingerprint density at radius 2 is 2.25 bits per heavy atom. The van der Waals surface area contributed by atoms with Gasteiger partial charge >= 0.3 is 0 Å². The third-order valence-electron chi connectivity index (χ3n) is 2.65. The first-order valence-electron chi connectivity index (χ1n) is 5.22. The zero-order valence-electron chi connectivity index (χ0n) is 9.32. The van der Waals surface area contributed by atoms with Gasteiger partial charge in [-0.2, -0.15) is 5.26 Å². The molecule has 0 spiro atoms. The molecule has 16 heavy (non-hydrogen) atoms. The molecule has 1 aliphatic rings. The Labute approximate surface area is 94.5 Å². The maximum Gasteiger partial charge on any atom is 0.243 e. The van der Waals surface area contributed by atoms with E-state index in [1.807, 2.05) is 24.8 Å². The molecule has 0 radical (unpaired) electrons. The monoisotopic (exact) mass is 215 g/mol.